The molecule has 0 bridgehead atoms. The van der Waals surface area contributed by atoms with E-state index in [-0.39, 0.29) is 47.8 Å². The number of nitrogens with zero attached hydrogens (tertiary/aromatic N) is 5. The fourth-order valence-electron chi connectivity index (χ4n) is 6.07. The number of carbonyl (C=O) groups excluding carboxylic acids is 1. The lowest BCUT2D eigenvalue weighted by Crippen LogP contribution is -2.36. The average Bonchev–Trinajstić information content (AvgIpc) is 3.65. The Hall–Kier alpha value is -3.63. The van der Waals surface area contributed by atoms with Crippen molar-refractivity contribution in [3.8, 4) is 5.88 Å². The number of aryl methyl sites for hydroxylation is 1. The maximum absolute atomic E-state index is 14.1. The van der Waals surface area contributed by atoms with Gasteiger partial charge in [0.25, 0.3) is 0 Å². The Labute approximate surface area is 287 Å². The third-order valence-electron chi connectivity index (χ3n) is 8.33. The predicted molar refractivity (Wildman–Crippen MR) is 184 cm³/mol. The van der Waals surface area contributed by atoms with Crippen LogP contribution < -0.4 is 4.74 Å². The number of halogens is 1. The van der Waals surface area contributed by atoms with Crippen LogP contribution in [-0.4, -0.2) is 72.6 Å². The molecule has 48 heavy (non-hydrogen) atoms. The van der Waals surface area contributed by atoms with Gasteiger partial charge in [-0.25, -0.2) is 26.5 Å². The lowest BCUT2D eigenvalue weighted by atomic mass is 9.84. The van der Waals surface area contributed by atoms with Gasteiger partial charge < -0.3 is 9.47 Å². The minimum absolute atomic E-state index is 0.0120. The minimum atomic E-state index is -4.06. The molecular formula is C32H34ClN5O7S3. The average molecular weight is 732 g/mol. The van der Waals surface area contributed by atoms with E-state index in [0.717, 1.165) is 38.6 Å². The number of rotatable bonds is 10. The molecule has 0 amide bonds. The lowest BCUT2D eigenvalue weighted by molar-refractivity contribution is -0.143. The number of fused-ring (bicyclic) bond motifs is 3. The Morgan fingerprint density at radius 2 is 2.00 bits per heavy atom. The number of esters is 1. The summed E-state index contributed by atoms with van der Waals surface area (Å²) in [6.45, 7) is 5.90. The molecule has 1 aliphatic heterocycles. The number of sulfone groups is 1. The molecule has 4 heterocycles. The summed E-state index contributed by atoms with van der Waals surface area (Å²) in [7, 11) is -7.43. The van der Waals surface area contributed by atoms with Crippen molar-refractivity contribution in [2.45, 2.75) is 63.0 Å². The molecule has 16 heteroatoms. The highest BCUT2D eigenvalue weighted by atomic mass is 35.5. The second kappa shape index (κ2) is 13.3. The molecule has 6 rings (SSSR count). The van der Waals surface area contributed by atoms with E-state index in [1.807, 2.05) is 43.5 Å². The van der Waals surface area contributed by atoms with E-state index >= 15 is 0 Å². The Kier molecular flexibility index (Phi) is 9.52. The Balaban J connectivity index is 1.47. The van der Waals surface area contributed by atoms with Crippen LogP contribution in [0.3, 0.4) is 0 Å². The van der Waals surface area contributed by atoms with Crippen molar-refractivity contribution in [3.05, 3.63) is 75.3 Å². The zero-order chi connectivity index (χ0) is 34.4. The van der Waals surface area contributed by atoms with Gasteiger partial charge in [0, 0.05) is 29.6 Å². The van der Waals surface area contributed by atoms with Crippen LogP contribution in [0.1, 0.15) is 54.9 Å². The van der Waals surface area contributed by atoms with Crippen molar-refractivity contribution >= 4 is 69.9 Å². The van der Waals surface area contributed by atoms with Gasteiger partial charge in [-0.05, 0) is 77.6 Å². The first-order valence-corrected chi connectivity index (χ1v) is 20.0. The molecule has 0 saturated carbocycles. The van der Waals surface area contributed by atoms with Crippen LogP contribution in [0.5, 0.6) is 5.88 Å². The number of thiophene rings is 1. The van der Waals surface area contributed by atoms with Gasteiger partial charge in [0.05, 0.1) is 30.1 Å². The van der Waals surface area contributed by atoms with E-state index in [1.54, 1.807) is 13.0 Å². The summed E-state index contributed by atoms with van der Waals surface area (Å²) in [5.74, 6) is -1.18. The number of sulfonamides is 1. The lowest BCUT2D eigenvalue weighted by Gasteiger charge is -2.24. The number of pyridine rings is 1. The van der Waals surface area contributed by atoms with Crippen LogP contribution in [0.4, 0.5) is 0 Å². The molecule has 0 radical (unpaired) electrons. The molecule has 254 valence electrons. The van der Waals surface area contributed by atoms with Crippen molar-refractivity contribution < 1.29 is 31.1 Å². The van der Waals surface area contributed by atoms with E-state index in [1.165, 1.54) is 32.6 Å². The van der Waals surface area contributed by atoms with Crippen LogP contribution in [0.2, 0.25) is 5.02 Å². The molecule has 2 atom stereocenters. The molecular weight excluding hydrogens is 698 g/mol. The zero-order valence-corrected chi connectivity index (χ0v) is 29.9. The van der Waals surface area contributed by atoms with Crippen molar-refractivity contribution in [2.24, 2.45) is 0 Å². The molecule has 2 aromatic carbocycles. The molecule has 0 N–H and O–H groups in total. The Bertz CT molecular complexity index is 2250. The largest absolute Gasteiger partial charge is 0.472 e. The molecule has 5 aromatic rings. The molecule has 3 aromatic heterocycles. The fourth-order valence-corrected chi connectivity index (χ4v) is 9.36. The monoisotopic (exact) mass is 731 g/mol. The van der Waals surface area contributed by atoms with Gasteiger partial charge in [0.15, 0.2) is 9.84 Å². The topological polar surface area (TPSA) is 151 Å². The highest BCUT2D eigenvalue weighted by Gasteiger charge is 2.36. The van der Waals surface area contributed by atoms with Crippen LogP contribution in [-0.2, 0) is 41.8 Å². The standard InChI is InChI=1S/C32H34ClN5O7S3/c1-5-24-17-37(48(42,43)28-13-23(33)15-34-32(28)45-24)16-22-12-21(11-20-9-10-46-31(20)22)26(14-29(39)44-6-2)25-7-8-27-30(19(25)3)35-36-38(27)18-47(4,40)41/h7-13,15,24,26H,5-6,14,16-18H2,1-4H3/t24-,26?/m1/s1. The van der Waals surface area contributed by atoms with Gasteiger partial charge in [-0.3, -0.25) is 4.79 Å². The van der Waals surface area contributed by atoms with E-state index < -0.39 is 37.9 Å². The first-order valence-electron chi connectivity index (χ1n) is 15.3. The van der Waals surface area contributed by atoms with Gasteiger partial charge in [0.1, 0.15) is 22.4 Å². The third kappa shape index (κ3) is 6.79. The second-order valence-electron chi connectivity index (χ2n) is 11.8. The van der Waals surface area contributed by atoms with Crippen molar-refractivity contribution in [1.82, 2.24) is 24.3 Å². The first kappa shape index (κ1) is 34.2. The van der Waals surface area contributed by atoms with Crippen molar-refractivity contribution in [2.75, 3.05) is 19.4 Å². The summed E-state index contributed by atoms with van der Waals surface area (Å²) >= 11 is 7.69. The summed E-state index contributed by atoms with van der Waals surface area (Å²) in [4.78, 5) is 17.1. The molecule has 1 aliphatic rings. The molecule has 0 spiro atoms. The summed E-state index contributed by atoms with van der Waals surface area (Å²) < 4.78 is 67.2. The Morgan fingerprint density at radius 3 is 2.73 bits per heavy atom. The number of ether oxygens (including phenoxy) is 2. The maximum atomic E-state index is 14.1. The number of hydrogen-bond donors (Lipinski definition) is 0. The summed E-state index contributed by atoms with van der Waals surface area (Å²) in [5, 5.41) is 11.4. The first-order chi connectivity index (χ1) is 22.8. The van der Waals surface area contributed by atoms with E-state index in [4.69, 9.17) is 21.1 Å². The molecule has 12 nitrogen and oxygen atoms in total. The van der Waals surface area contributed by atoms with Crippen LogP contribution in [0.25, 0.3) is 21.1 Å². The predicted octanol–water partition coefficient (Wildman–Crippen LogP) is 5.45. The van der Waals surface area contributed by atoms with E-state index in [0.29, 0.717) is 17.5 Å². The van der Waals surface area contributed by atoms with Gasteiger partial charge >= 0.3 is 5.97 Å². The number of hydrogen-bond acceptors (Lipinski definition) is 11. The van der Waals surface area contributed by atoms with Crippen molar-refractivity contribution in [3.63, 3.8) is 0 Å². The van der Waals surface area contributed by atoms with Gasteiger partial charge in [-0.2, -0.15) is 4.31 Å². The molecule has 0 fully saturated rings. The van der Waals surface area contributed by atoms with Crippen LogP contribution in [0, 0.1) is 6.92 Å². The summed E-state index contributed by atoms with van der Waals surface area (Å²) in [6.07, 6.45) is 2.64. The second-order valence-corrected chi connectivity index (χ2v) is 17.1. The quantitative estimate of drug-likeness (QED) is 0.170. The number of aromatic nitrogens is 4. The van der Waals surface area contributed by atoms with E-state index in [2.05, 4.69) is 15.3 Å². The van der Waals surface area contributed by atoms with Crippen molar-refractivity contribution in [1.29, 1.82) is 0 Å². The van der Waals surface area contributed by atoms with Crippen LogP contribution >= 0.6 is 22.9 Å². The third-order valence-corrected chi connectivity index (χ3v) is 12.1. The van der Waals surface area contributed by atoms with Gasteiger partial charge in [0.2, 0.25) is 15.9 Å². The summed E-state index contributed by atoms with van der Waals surface area (Å²) in [5.41, 5.74) is 4.16. The summed E-state index contributed by atoms with van der Waals surface area (Å²) in [6, 6.07) is 10.9. The zero-order valence-electron chi connectivity index (χ0n) is 26.7. The molecule has 0 saturated heterocycles. The SMILES string of the molecule is CCOC(=O)CC(c1cc(CN2C[C@@H](CC)Oc3ncc(Cl)cc3S2(=O)=O)c2sccc2c1)c1ccc2c(nnn2CS(C)(=O)=O)c1C. The smallest absolute Gasteiger partial charge is 0.306 e. The van der Waals surface area contributed by atoms with Crippen LogP contribution in [0.15, 0.2) is 52.9 Å². The molecule has 1 unspecified atom stereocenters. The number of benzene rings is 2. The maximum Gasteiger partial charge on any atom is 0.306 e. The van der Waals surface area contributed by atoms with Gasteiger partial charge in [-0.15, -0.1) is 16.4 Å². The minimum Gasteiger partial charge on any atom is -0.472 e. The fraction of sp³-hybridized carbons (Fsp3) is 0.375. The Morgan fingerprint density at radius 1 is 1.21 bits per heavy atom. The normalized spacial score (nSPS) is 17.1. The van der Waals surface area contributed by atoms with E-state index in [9.17, 15) is 21.6 Å². The highest BCUT2D eigenvalue weighted by Crippen LogP contribution is 2.39. The molecule has 0 aliphatic carbocycles. The highest BCUT2D eigenvalue weighted by molar-refractivity contribution is 7.89. The van der Waals surface area contributed by atoms with Gasteiger partial charge in [-0.1, -0.05) is 35.9 Å². The number of carbonyl (C=O) groups is 1.